The number of H-pyrrole nitrogens is 1. The minimum absolute atomic E-state index is 0.281. The average molecular weight is 519 g/mol. The van der Waals surface area contributed by atoms with Gasteiger partial charge < -0.3 is 14.5 Å². The van der Waals surface area contributed by atoms with Gasteiger partial charge in [-0.25, -0.2) is 9.99 Å². The Labute approximate surface area is 208 Å². The number of ether oxygens (including phenoxy) is 2. The van der Waals surface area contributed by atoms with E-state index in [1.807, 2.05) is 24.3 Å². The highest BCUT2D eigenvalue weighted by atomic mass is 32.2. The highest BCUT2D eigenvalue weighted by Crippen LogP contribution is 2.35. The first-order valence-electron chi connectivity index (χ1n) is 10.7. The molecule has 3 aromatic rings. The van der Waals surface area contributed by atoms with Crippen LogP contribution in [0.15, 0.2) is 69.6 Å². The normalized spacial score (nSPS) is 15.5. The molecule has 0 spiro atoms. The number of nitrogens with one attached hydrogen (secondary N) is 1. The Morgan fingerprint density at radius 2 is 1.69 bits per heavy atom. The van der Waals surface area contributed by atoms with E-state index in [1.165, 1.54) is 5.01 Å². The monoisotopic (exact) mass is 518 g/mol. The van der Waals surface area contributed by atoms with E-state index in [-0.39, 0.29) is 10.9 Å². The highest BCUT2D eigenvalue weighted by molar-refractivity contribution is 7.99. The Bertz CT molecular complexity index is 1320. The zero-order valence-corrected chi connectivity index (χ0v) is 20.0. The van der Waals surface area contributed by atoms with E-state index in [0.29, 0.717) is 41.5 Å². The molecule has 1 atom stereocenters. The van der Waals surface area contributed by atoms with Gasteiger partial charge in [-0.2, -0.15) is 18.3 Å². The minimum Gasteiger partial charge on any atom is -0.497 e. The predicted molar refractivity (Wildman–Crippen MR) is 127 cm³/mol. The van der Waals surface area contributed by atoms with E-state index in [2.05, 4.69) is 15.1 Å². The van der Waals surface area contributed by atoms with Gasteiger partial charge in [-0.05, 0) is 47.5 Å². The average Bonchev–Trinajstić information content (AvgIpc) is 3.32. The number of benzene rings is 2. The summed E-state index contributed by atoms with van der Waals surface area (Å²) in [4.78, 5) is 30.5. The van der Waals surface area contributed by atoms with Crippen LogP contribution < -0.4 is 15.0 Å². The number of halogens is 3. The van der Waals surface area contributed by atoms with Crippen LogP contribution >= 0.6 is 11.8 Å². The molecule has 0 saturated heterocycles. The Morgan fingerprint density at radius 1 is 1.08 bits per heavy atom. The van der Waals surface area contributed by atoms with Gasteiger partial charge in [0.1, 0.15) is 11.5 Å². The van der Waals surface area contributed by atoms with Gasteiger partial charge in [-0.15, -0.1) is 0 Å². The molecule has 1 aromatic heterocycles. The first kappa shape index (κ1) is 25.3. The van der Waals surface area contributed by atoms with Crippen molar-refractivity contribution < 1.29 is 27.4 Å². The number of rotatable bonds is 7. The van der Waals surface area contributed by atoms with Crippen molar-refractivity contribution in [2.75, 3.05) is 20.0 Å². The third-order valence-corrected chi connectivity index (χ3v) is 6.29. The molecule has 8 nitrogen and oxygen atoms in total. The summed E-state index contributed by atoms with van der Waals surface area (Å²) in [5.41, 5.74) is 0.0123. The summed E-state index contributed by atoms with van der Waals surface area (Å²) >= 11 is 0.701. The number of alkyl halides is 3. The molecule has 1 amide bonds. The van der Waals surface area contributed by atoms with Crippen molar-refractivity contribution in [1.29, 1.82) is 0 Å². The maximum Gasteiger partial charge on any atom is 0.433 e. The Morgan fingerprint density at radius 3 is 2.28 bits per heavy atom. The van der Waals surface area contributed by atoms with Crippen LogP contribution in [0.25, 0.3) is 0 Å². The summed E-state index contributed by atoms with van der Waals surface area (Å²) in [5.74, 6) is 0.595. The molecule has 0 fully saturated rings. The third kappa shape index (κ3) is 5.70. The first-order chi connectivity index (χ1) is 17.2. The first-order valence-corrected chi connectivity index (χ1v) is 11.7. The van der Waals surface area contributed by atoms with Crippen LogP contribution in [0.5, 0.6) is 11.5 Å². The summed E-state index contributed by atoms with van der Waals surface area (Å²) in [6, 6.07) is 14.4. The summed E-state index contributed by atoms with van der Waals surface area (Å²) in [6.07, 6.45) is -4.35. The van der Waals surface area contributed by atoms with Crippen LogP contribution in [-0.2, 0) is 11.0 Å². The quantitative estimate of drug-likeness (QED) is 0.371. The van der Waals surface area contributed by atoms with Crippen LogP contribution in [0.1, 0.15) is 29.3 Å². The molecular weight excluding hydrogens is 497 g/mol. The second-order valence-electron chi connectivity index (χ2n) is 7.73. The van der Waals surface area contributed by atoms with Crippen molar-refractivity contribution in [3.63, 3.8) is 0 Å². The molecule has 1 aliphatic rings. The van der Waals surface area contributed by atoms with Crippen LogP contribution in [0.2, 0.25) is 0 Å². The van der Waals surface area contributed by atoms with Crippen molar-refractivity contribution in [2.45, 2.75) is 23.8 Å². The van der Waals surface area contributed by atoms with Crippen LogP contribution in [0.3, 0.4) is 0 Å². The number of aromatic nitrogens is 2. The van der Waals surface area contributed by atoms with Crippen molar-refractivity contribution >= 4 is 23.4 Å². The second-order valence-corrected chi connectivity index (χ2v) is 8.69. The lowest BCUT2D eigenvalue weighted by molar-refractivity contribution is -0.141. The number of methoxy groups -OCH3 is 2. The van der Waals surface area contributed by atoms with E-state index >= 15 is 0 Å². The molecule has 4 rings (SSSR count). The Hall–Kier alpha value is -3.80. The molecule has 36 heavy (non-hydrogen) atoms. The summed E-state index contributed by atoms with van der Waals surface area (Å²) in [7, 11) is 3.11. The highest BCUT2D eigenvalue weighted by Gasteiger charge is 2.35. The summed E-state index contributed by atoms with van der Waals surface area (Å²) in [6.45, 7) is 0. The number of thioether (sulfide) groups is 1. The number of hydrazone groups is 1. The van der Waals surface area contributed by atoms with Gasteiger partial charge in [-0.1, -0.05) is 23.9 Å². The van der Waals surface area contributed by atoms with Crippen molar-refractivity contribution in [3.8, 4) is 11.5 Å². The Balaban J connectivity index is 1.59. The summed E-state index contributed by atoms with van der Waals surface area (Å²) < 4.78 is 49.4. The molecule has 2 heterocycles. The lowest BCUT2D eigenvalue weighted by Gasteiger charge is -2.22. The SMILES string of the molecule is COc1ccc(C2=NN(C(=O)CSc3nc(C(F)(F)F)cc(=O)[nH]3)C(c3ccc(OC)cc3)C2)cc1. The molecular formula is C24H21F3N4O4S. The van der Waals surface area contributed by atoms with E-state index in [9.17, 15) is 22.8 Å². The van der Waals surface area contributed by atoms with Crippen LogP contribution in [0.4, 0.5) is 13.2 Å². The fraction of sp³-hybridized carbons (Fsp3) is 0.250. The number of hydrogen-bond donors (Lipinski definition) is 1. The molecule has 1 unspecified atom stereocenters. The van der Waals surface area contributed by atoms with E-state index < -0.39 is 29.4 Å². The molecule has 2 aromatic carbocycles. The van der Waals surface area contributed by atoms with Crippen LogP contribution in [-0.4, -0.2) is 46.6 Å². The Kier molecular flexibility index (Phi) is 7.34. The summed E-state index contributed by atoms with van der Waals surface area (Å²) in [5, 5.41) is 5.56. The van der Waals surface area contributed by atoms with E-state index in [1.54, 1.807) is 38.5 Å². The second kappa shape index (κ2) is 10.4. The van der Waals surface area contributed by atoms with Gasteiger partial charge in [-0.3, -0.25) is 9.59 Å². The van der Waals surface area contributed by atoms with Crippen molar-refractivity contribution in [2.24, 2.45) is 5.10 Å². The number of hydrogen-bond acceptors (Lipinski definition) is 7. The topological polar surface area (TPSA) is 96.9 Å². The number of carbonyl (C=O) groups is 1. The molecule has 0 radical (unpaired) electrons. The lowest BCUT2D eigenvalue weighted by Crippen LogP contribution is -2.28. The fourth-order valence-corrected chi connectivity index (χ4v) is 4.36. The number of nitrogens with zero attached hydrogens (tertiary/aromatic N) is 3. The molecule has 12 heteroatoms. The predicted octanol–water partition coefficient (Wildman–Crippen LogP) is 4.28. The maximum absolute atomic E-state index is 13.2. The van der Waals surface area contributed by atoms with Crippen molar-refractivity contribution in [1.82, 2.24) is 15.0 Å². The molecule has 0 aliphatic carbocycles. The van der Waals surface area contributed by atoms with Crippen molar-refractivity contribution in [3.05, 3.63) is 81.8 Å². The molecule has 1 aliphatic heterocycles. The van der Waals surface area contributed by atoms with Gasteiger partial charge >= 0.3 is 6.18 Å². The molecule has 188 valence electrons. The van der Waals surface area contributed by atoms with E-state index in [4.69, 9.17) is 9.47 Å². The zero-order chi connectivity index (χ0) is 25.9. The lowest BCUT2D eigenvalue weighted by atomic mass is 9.98. The molecule has 0 bridgehead atoms. The fourth-order valence-electron chi connectivity index (χ4n) is 3.63. The van der Waals surface area contributed by atoms with Gasteiger partial charge in [0.25, 0.3) is 11.5 Å². The van der Waals surface area contributed by atoms with E-state index in [0.717, 1.165) is 11.1 Å². The largest absolute Gasteiger partial charge is 0.497 e. The smallest absolute Gasteiger partial charge is 0.433 e. The van der Waals surface area contributed by atoms with Gasteiger partial charge in [0, 0.05) is 12.5 Å². The number of carbonyl (C=O) groups excluding carboxylic acids is 1. The third-order valence-electron chi connectivity index (χ3n) is 5.43. The zero-order valence-electron chi connectivity index (χ0n) is 19.2. The van der Waals surface area contributed by atoms with Gasteiger partial charge in [0.2, 0.25) is 0 Å². The molecule has 1 N–H and O–H groups in total. The number of aromatic amines is 1. The minimum atomic E-state index is -4.78. The van der Waals surface area contributed by atoms with Gasteiger partial charge in [0.05, 0.1) is 31.7 Å². The number of amides is 1. The van der Waals surface area contributed by atoms with Crippen LogP contribution in [0, 0.1) is 0 Å². The molecule has 0 saturated carbocycles. The standard InChI is InChI=1S/C24H21F3N4O4S/c1-34-16-7-3-14(4-8-16)18-11-19(15-5-9-17(35-2)10-6-15)31(30-18)22(33)13-36-23-28-20(24(25,26)27)12-21(32)29-23/h3-10,12,19H,11,13H2,1-2H3,(H,28,29,32). The van der Waals surface area contributed by atoms with Gasteiger partial charge in [0.15, 0.2) is 10.9 Å². The maximum atomic E-state index is 13.2.